The van der Waals surface area contributed by atoms with E-state index >= 15 is 0 Å². The van der Waals surface area contributed by atoms with Gasteiger partial charge >= 0.3 is 0 Å². The van der Waals surface area contributed by atoms with Gasteiger partial charge in [0.05, 0.1) is 6.10 Å². The standard InChI is InChI=1S/C33H53NO3S/c1-3-4-20-34-31(37)13-11-9-7-5-6-8-10-12-21-38-29-23-24-22-25(35)14-15-26(24)27-18-19-33(2)28(32(27)29)16-17-30(33)36/h14-15,22,27-30,32,35-36H,3-13,16-21,23H2,1-2H3,(H,34,37)/t27-,28+,29?,30+,32-,33+/m1/s1. The number of aromatic hydroxyl groups is 1. The van der Waals surface area contributed by atoms with E-state index in [1.165, 1.54) is 74.7 Å². The zero-order valence-corrected chi connectivity index (χ0v) is 24.9. The molecule has 38 heavy (non-hydrogen) atoms. The molecule has 0 spiro atoms. The summed E-state index contributed by atoms with van der Waals surface area (Å²) in [5, 5.41) is 24.6. The van der Waals surface area contributed by atoms with E-state index in [0.29, 0.717) is 35.2 Å². The monoisotopic (exact) mass is 543 g/mol. The van der Waals surface area contributed by atoms with Gasteiger partial charge in [-0.3, -0.25) is 4.79 Å². The molecule has 2 saturated carbocycles. The normalized spacial score (nSPS) is 29.9. The number of phenols is 1. The lowest BCUT2D eigenvalue weighted by atomic mass is 9.55. The van der Waals surface area contributed by atoms with Crippen molar-refractivity contribution in [2.45, 2.75) is 134 Å². The van der Waals surface area contributed by atoms with Crippen LogP contribution >= 0.6 is 11.8 Å². The van der Waals surface area contributed by atoms with Gasteiger partial charge < -0.3 is 15.5 Å². The zero-order valence-electron chi connectivity index (χ0n) is 24.1. The number of rotatable bonds is 15. The van der Waals surface area contributed by atoms with E-state index < -0.39 is 0 Å². The minimum atomic E-state index is -0.136. The molecule has 4 rings (SSSR count). The molecule has 0 bridgehead atoms. The van der Waals surface area contributed by atoms with Crippen LogP contribution in [0, 0.1) is 17.3 Å². The Morgan fingerprint density at radius 3 is 2.53 bits per heavy atom. The first-order chi connectivity index (χ1) is 18.4. The summed E-state index contributed by atoms with van der Waals surface area (Å²) in [7, 11) is 0. The summed E-state index contributed by atoms with van der Waals surface area (Å²) in [6, 6.07) is 6.10. The van der Waals surface area contributed by atoms with Crippen molar-refractivity contribution in [1.29, 1.82) is 0 Å². The lowest BCUT2D eigenvalue weighted by Crippen LogP contribution is -2.48. The van der Waals surface area contributed by atoms with Crippen LogP contribution in [0.1, 0.15) is 127 Å². The summed E-state index contributed by atoms with van der Waals surface area (Å²) < 4.78 is 0. The average molecular weight is 544 g/mol. The molecule has 1 unspecified atom stereocenters. The lowest BCUT2D eigenvalue weighted by Gasteiger charge is -2.52. The highest BCUT2D eigenvalue weighted by Crippen LogP contribution is 2.62. The summed E-state index contributed by atoms with van der Waals surface area (Å²) in [4.78, 5) is 11.8. The molecule has 0 radical (unpaired) electrons. The Bertz CT molecular complexity index is 891. The fourth-order valence-corrected chi connectivity index (χ4v) is 9.45. The second-order valence-corrected chi connectivity index (χ2v) is 14.1. The number of hydrogen-bond acceptors (Lipinski definition) is 4. The number of carbonyl (C=O) groups is 1. The predicted octanol–water partition coefficient (Wildman–Crippen LogP) is 7.75. The summed E-state index contributed by atoms with van der Waals surface area (Å²) in [6.07, 6.45) is 18.2. The molecule has 214 valence electrons. The summed E-state index contributed by atoms with van der Waals surface area (Å²) in [6.45, 7) is 5.34. The third kappa shape index (κ3) is 7.30. The van der Waals surface area contributed by atoms with Crippen LogP contribution in [-0.2, 0) is 11.2 Å². The van der Waals surface area contributed by atoms with Crippen LogP contribution in [0.4, 0.5) is 0 Å². The molecule has 1 aromatic carbocycles. The van der Waals surface area contributed by atoms with Crippen LogP contribution in [0.5, 0.6) is 5.75 Å². The third-order valence-corrected chi connectivity index (χ3v) is 11.6. The molecule has 5 heteroatoms. The molecule has 3 aliphatic rings. The molecule has 4 nitrogen and oxygen atoms in total. The lowest BCUT2D eigenvalue weighted by molar-refractivity contribution is -0.121. The van der Waals surface area contributed by atoms with Gasteiger partial charge in [-0.2, -0.15) is 11.8 Å². The summed E-state index contributed by atoms with van der Waals surface area (Å²) in [5.74, 6) is 3.71. The maximum atomic E-state index is 11.8. The molecule has 6 atom stereocenters. The minimum absolute atomic E-state index is 0.0905. The molecule has 3 aliphatic carbocycles. The molecule has 1 amide bonds. The SMILES string of the molecule is CCCCNC(=O)CCCCCCCCCCSC1Cc2cc(O)ccc2[C@H]2CC[C@]3(C)[C@@H](O)CC[C@H]3[C@H]12. The number of thioether (sulfide) groups is 1. The molecule has 0 heterocycles. The van der Waals surface area contributed by atoms with Gasteiger partial charge in [0, 0.05) is 18.2 Å². The molecular weight excluding hydrogens is 490 g/mol. The Morgan fingerprint density at radius 2 is 1.76 bits per heavy atom. The van der Waals surface area contributed by atoms with Gasteiger partial charge in [0.15, 0.2) is 0 Å². The van der Waals surface area contributed by atoms with Crippen molar-refractivity contribution in [3.63, 3.8) is 0 Å². The molecule has 0 aromatic heterocycles. The maximum Gasteiger partial charge on any atom is 0.219 e. The van der Waals surface area contributed by atoms with Gasteiger partial charge in [-0.15, -0.1) is 0 Å². The smallest absolute Gasteiger partial charge is 0.219 e. The number of nitrogens with one attached hydrogen (secondary N) is 1. The second-order valence-electron chi connectivity index (χ2n) is 12.7. The highest BCUT2D eigenvalue weighted by molar-refractivity contribution is 7.99. The Hall–Kier alpha value is -1.20. The van der Waals surface area contributed by atoms with Gasteiger partial charge in [0.25, 0.3) is 0 Å². The number of carbonyl (C=O) groups excluding carboxylic acids is 1. The second kappa shape index (κ2) is 14.4. The van der Waals surface area contributed by atoms with E-state index in [1.54, 1.807) is 0 Å². The number of unbranched alkanes of at least 4 members (excludes halogenated alkanes) is 8. The molecule has 1 aromatic rings. The van der Waals surface area contributed by atoms with Crippen LogP contribution in [0.25, 0.3) is 0 Å². The molecule has 0 aliphatic heterocycles. The van der Waals surface area contributed by atoms with E-state index in [4.69, 9.17) is 0 Å². The Labute approximate surface area is 236 Å². The fourth-order valence-electron chi connectivity index (χ4n) is 7.88. The van der Waals surface area contributed by atoms with Gasteiger partial charge in [0.2, 0.25) is 5.91 Å². The van der Waals surface area contributed by atoms with Crippen molar-refractivity contribution in [2.75, 3.05) is 12.3 Å². The summed E-state index contributed by atoms with van der Waals surface area (Å²) >= 11 is 2.18. The van der Waals surface area contributed by atoms with Crippen LogP contribution in [0.15, 0.2) is 18.2 Å². The molecular formula is C33H53NO3S. The Kier molecular flexibility index (Phi) is 11.3. The molecule has 2 fully saturated rings. The molecule has 0 saturated heterocycles. The minimum Gasteiger partial charge on any atom is -0.508 e. The van der Waals surface area contributed by atoms with Gasteiger partial charge in [-0.25, -0.2) is 0 Å². The topological polar surface area (TPSA) is 69.6 Å². The van der Waals surface area contributed by atoms with E-state index in [-0.39, 0.29) is 17.4 Å². The number of fused-ring (bicyclic) bond motifs is 5. The van der Waals surface area contributed by atoms with Crippen molar-refractivity contribution < 1.29 is 15.0 Å². The number of amides is 1. The number of aliphatic hydroxyl groups is 1. The highest BCUT2D eigenvalue weighted by Gasteiger charge is 2.56. The third-order valence-electron chi connectivity index (χ3n) is 10.1. The first-order valence-electron chi connectivity index (χ1n) is 15.8. The number of hydrogen-bond donors (Lipinski definition) is 3. The Morgan fingerprint density at radius 1 is 1.03 bits per heavy atom. The first-order valence-corrected chi connectivity index (χ1v) is 16.9. The van der Waals surface area contributed by atoms with Crippen molar-refractivity contribution in [3.8, 4) is 5.75 Å². The maximum absolute atomic E-state index is 11.8. The van der Waals surface area contributed by atoms with E-state index in [1.807, 2.05) is 12.1 Å². The molecule has 3 N–H and O–H groups in total. The van der Waals surface area contributed by atoms with Crippen LogP contribution in [0.2, 0.25) is 0 Å². The van der Waals surface area contributed by atoms with Crippen molar-refractivity contribution >= 4 is 17.7 Å². The van der Waals surface area contributed by atoms with Crippen molar-refractivity contribution in [3.05, 3.63) is 29.3 Å². The number of aliphatic hydroxyl groups excluding tert-OH is 1. The van der Waals surface area contributed by atoms with E-state index in [0.717, 1.165) is 45.1 Å². The van der Waals surface area contributed by atoms with Crippen molar-refractivity contribution in [1.82, 2.24) is 5.32 Å². The predicted molar refractivity (Wildman–Crippen MR) is 160 cm³/mol. The van der Waals surface area contributed by atoms with Crippen LogP contribution in [-0.4, -0.2) is 39.8 Å². The van der Waals surface area contributed by atoms with Gasteiger partial charge in [0.1, 0.15) is 5.75 Å². The number of phenolic OH excluding ortho intramolecular Hbond substituents is 1. The van der Waals surface area contributed by atoms with Gasteiger partial charge in [-0.1, -0.05) is 64.9 Å². The van der Waals surface area contributed by atoms with Crippen molar-refractivity contribution in [2.24, 2.45) is 17.3 Å². The van der Waals surface area contributed by atoms with Gasteiger partial charge in [-0.05, 0) is 104 Å². The quantitative estimate of drug-likeness (QED) is 0.198. The fraction of sp³-hybridized carbons (Fsp3) is 0.788. The van der Waals surface area contributed by atoms with Crippen LogP contribution in [0.3, 0.4) is 0 Å². The van der Waals surface area contributed by atoms with E-state index in [2.05, 4.69) is 37.0 Å². The highest BCUT2D eigenvalue weighted by atomic mass is 32.2. The number of benzene rings is 1. The Balaban J connectivity index is 1.16. The van der Waals surface area contributed by atoms with Crippen LogP contribution < -0.4 is 5.32 Å². The summed E-state index contributed by atoms with van der Waals surface area (Å²) in [5.41, 5.74) is 2.93. The zero-order chi connectivity index (χ0) is 27.0. The van der Waals surface area contributed by atoms with E-state index in [9.17, 15) is 15.0 Å². The largest absolute Gasteiger partial charge is 0.508 e. The average Bonchev–Trinajstić information content (AvgIpc) is 3.21. The first kappa shape index (κ1) is 29.8.